The van der Waals surface area contributed by atoms with Crippen LogP contribution in [0.1, 0.15) is 50.7 Å². The Labute approximate surface area is 125 Å². The van der Waals surface area contributed by atoms with Crippen molar-refractivity contribution in [2.75, 3.05) is 13.6 Å². The zero-order chi connectivity index (χ0) is 15.4. The van der Waals surface area contributed by atoms with Gasteiger partial charge in [-0.25, -0.2) is 8.78 Å². The maximum Gasteiger partial charge on any atom is 0.126 e. The number of hydrogen-bond donors (Lipinski definition) is 1. The molecule has 118 valence electrons. The Morgan fingerprint density at radius 3 is 2.52 bits per heavy atom. The molecular weight excluding hydrogens is 272 g/mol. The van der Waals surface area contributed by atoms with Crippen LogP contribution in [0, 0.1) is 17.6 Å². The van der Waals surface area contributed by atoms with E-state index in [-0.39, 0.29) is 0 Å². The second-order valence-corrected chi connectivity index (χ2v) is 6.41. The third-order valence-electron chi connectivity index (χ3n) is 4.56. The molecule has 1 aliphatic rings. The summed E-state index contributed by atoms with van der Waals surface area (Å²) in [6.45, 7) is 3.01. The highest BCUT2D eigenvalue weighted by Gasteiger charge is 2.22. The molecule has 1 fully saturated rings. The third kappa shape index (κ3) is 4.75. The van der Waals surface area contributed by atoms with Crippen molar-refractivity contribution in [2.24, 2.45) is 5.92 Å². The molecule has 2 rings (SSSR count). The van der Waals surface area contributed by atoms with Crippen molar-refractivity contribution in [1.82, 2.24) is 4.90 Å². The smallest absolute Gasteiger partial charge is 0.126 e. The van der Waals surface area contributed by atoms with Gasteiger partial charge in [0.15, 0.2) is 0 Å². The van der Waals surface area contributed by atoms with E-state index in [1.165, 1.54) is 37.8 Å². The minimum Gasteiger partial charge on any atom is -0.388 e. The maximum absolute atomic E-state index is 13.2. The molecule has 0 radical (unpaired) electrons. The van der Waals surface area contributed by atoms with E-state index in [1.807, 2.05) is 0 Å². The third-order valence-corrected chi connectivity index (χ3v) is 4.56. The molecule has 1 aromatic carbocycles. The molecule has 3 unspecified atom stereocenters. The molecule has 1 saturated carbocycles. The summed E-state index contributed by atoms with van der Waals surface area (Å²) in [6, 6.07) is 3.80. The van der Waals surface area contributed by atoms with Gasteiger partial charge in [0.1, 0.15) is 11.6 Å². The summed E-state index contributed by atoms with van der Waals surface area (Å²) in [5.74, 6) is -0.523. The van der Waals surface area contributed by atoms with E-state index in [0.29, 0.717) is 18.0 Å². The summed E-state index contributed by atoms with van der Waals surface area (Å²) < 4.78 is 26.3. The average Bonchev–Trinajstić information content (AvgIpc) is 2.43. The van der Waals surface area contributed by atoms with Gasteiger partial charge in [0.05, 0.1) is 6.10 Å². The Hall–Kier alpha value is -1.00. The predicted octanol–water partition coefficient (Wildman–Crippen LogP) is 3.90. The van der Waals surface area contributed by atoms with Crippen LogP contribution in [0.5, 0.6) is 0 Å². The van der Waals surface area contributed by atoms with Crippen molar-refractivity contribution >= 4 is 0 Å². The van der Waals surface area contributed by atoms with Crippen molar-refractivity contribution in [3.8, 4) is 0 Å². The van der Waals surface area contributed by atoms with Crippen LogP contribution in [0.3, 0.4) is 0 Å². The fourth-order valence-electron chi connectivity index (χ4n) is 3.25. The summed E-state index contributed by atoms with van der Waals surface area (Å²) in [6.07, 6.45) is 4.62. The first kappa shape index (κ1) is 16.4. The van der Waals surface area contributed by atoms with Gasteiger partial charge < -0.3 is 10.0 Å². The minimum atomic E-state index is -0.821. The van der Waals surface area contributed by atoms with E-state index in [4.69, 9.17) is 0 Å². The normalized spacial score (nSPS) is 24.3. The molecule has 1 aliphatic carbocycles. The van der Waals surface area contributed by atoms with Crippen molar-refractivity contribution in [3.63, 3.8) is 0 Å². The van der Waals surface area contributed by atoms with Crippen molar-refractivity contribution in [1.29, 1.82) is 0 Å². The molecule has 0 amide bonds. The molecule has 0 bridgehead atoms. The molecule has 0 aromatic heterocycles. The van der Waals surface area contributed by atoms with Crippen molar-refractivity contribution in [2.45, 2.75) is 51.2 Å². The largest absolute Gasteiger partial charge is 0.388 e. The zero-order valence-electron chi connectivity index (χ0n) is 12.9. The number of rotatable bonds is 5. The summed E-state index contributed by atoms with van der Waals surface area (Å²) in [4.78, 5) is 2.27. The highest BCUT2D eigenvalue weighted by molar-refractivity contribution is 5.20. The highest BCUT2D eigenvalue weighted by Crippen LogP contribution is 2.27. The molecule has 21 heavy (non-hydrogen) atoms. The number of hydrogen-bond acceptors (Lipinski definition) is 2. The van der Waals surface area contributed by atoms with Gasteiger partial charge >= 0.3 is 0 Å². The van der Waals surface area contributed by atoms with Crippen LogP contribution in [0.4, 0.5) is 8.78 Å². The lowest BCUT2D eigenvalue weighted by Gasteiger charge is -2.34. The zero-order valence-corrected chi connectivity index (χ0v) is 12.9. The van der Waals surface area contributed by atoms with Crippen LogP contribution in [-0.2, 0) is 0 Å². The van der Waals surface area contributed by atoms with E-state index in [9.17, 15) is 13.9 Å². The van der Waals surface area contributed by atoms with Gasteiger partial charge in [-0.2, -0.15) is 0 Å². The number of nitrogens with zero attached hydrogens (tertiary/aromatic N) is 1. The lowest BCUT2D eigenvalue weighted by Crippen LogP contribution is -2.36. The minimum absolute atomic E-state index is 0.318. The maximum atomic E-state index is 13.2. The molecule has 4 heteroatoms. The number of aliphatic hydroxyl groups is 1. The van der Waals surface area contributed by atoms with Gasteiger partial charge in [0, 0.05) is 18.7 Å². The van der Waals surface area contributed by atoms with Gasteiger partial charge in [0.25, 0.3) is 0 Å². The SMILES string of the molecule is CC1CCCC(N(C)CCC(O)c2cc(F)cc(F)c2)C1. The van der Waals surface area contributed by atoms with Crippen LogP contribution in [0.2, 0.25) is 0 Å². The summed E-state index contributed by atoms with van der Waals surface area (Å²) in [5, 5.41) is 10.1. The Balaban J connectivity index is 1.86. The second-order valence-electron chi connectivity index (χ2n) is 6.41. The molecule has 0 aliphatic heterocycles. The van der Waals surface area contributed by atoms with E-state index in [1.54, 1.807) is 0 Å². The predicted molar refractivity (Wildman–Crippen MR) is 80.0 cm³/mol. The van der Waals surface area contributed by atoms with E-state index in [2.05, 4.69) is 18.9 Å². The fourth-order valence-corrected chi connectivity index (χ4v) is 3.25. The van der Waals surface area contributed by atoms with E-state index < -0.39 is 17.7 Å². The van der Waals surface area contributed by atoms with Crippen LogP contribution >= 0.6 is 0 Å². The number of halogens is 2. The molecule has 1 aromatic rings. The Bertz CT molecular complexity index is 446. The van der Waals surface area contributed by atoms with Gasteiger partial charge in [-0.1, -0.05) is 19.8 Å². The lowest BCUT2D eigenvalue weighted by molar-refractivity contribution is 0.116. The van der Waals surface area contributed by atoms with Crippen LogP contribution in [0.25, 0.3) is 0 Å². The first-order valence-electron chi connectivity index (χ1n) is 7.80. The monoisotopic (exact) mass is 297 g/mol. The molecule has 3 atom stereocenters. The molecular formula is C17H25F2NO. The van der Waals surface area contributed by atoms with Crippen molar-refractivity contribution in [3.05, 3.63) is 35.4 Å². The van der Waals surface area contributed by atoms with Crippen LogP contribution < -0.4 is 0 Å². The van der Waals surface area contributed by atoms with Crippen LogP contribution in [0.15, 0.2) is 18.2 Å². The van der Waals surface area contributed by atoms with Crippen molar-refractivity contribution < 1.29 is 13.9 Å². The first-order chi connectivity index (χ1) is 9.95. The Morgan fingerprint density at radius 1 is 1.24 bits per heavy atom. The molecule has 0 heterocycles. The Kier molecular flexibility index (Phi) is 5.71. The molecule has 1 N–H and O–H groups in total. The van der Waals surface area contributed by atoms with Gasteiger partial charge in [-0.05, 0) is 49.9 Å². The standard InChI is InChI=1S/C17H25F2NO/c1-12-4-3-5-16(8-12)20(2)7-6-17(21)13-9-14(18)11-15(19)10-13/h9-12,16-17,21H,3-8H2,1-2H3. The number of benzene rings is 1. The Morgan fingerprint density at radius 2 is 1.90 bits per heavy atom. The highest BCUT2D eigenvalue weighted by atomic mass is 19.1. The van der Waals surface area contributed by atoms with E-state index in [0.717, 1.165) is 18.5 Å². The number of aliphatic hydroxyl groups excluding tert-OH is 1. The molecule has 0 spiro atoms. The average molecular weight is 297 g/mol. The van der Waals surface area contributed by atoms with Gasteiger partial charge in [-0.15, -0.1) is 0 Å². The summed E-state index contributed by atoms with van der Waals surface area (Å²) in [7, 11) is 2.07. The fraction of sp³-hybridized carbons (Fsp3) is 0.647. The molecule has 0 saturated heterocycles. The van der Waals surface area contributed by atoms with Gasteiger partial charge in [-0.3, -0.25) is 0 Å². The first-order valence-corrected chi connectivity index (χ1v) is 7.80. The van der Waals surface area contributed by atoms with E-state index >= 15 is 0 Å². The summed E-state index contributed by atoms with van der Waals surface area (Å²) >= 11 is 0. The second kappa shape index (κ2) is 7.32. The van der Waals surface area contributed by atoms with Crippen LogP contribution in [-0.4, -0.2) is 29.6 Å². The quantitative estimate of drug-likeness (QED) is 0.891. The molecule has 2 nitrogen and oxygen atoms in total. The summed E-state index contributed by atoms with van der Waals surface area (Å²) in [5.41, 5.74) is 0.318. The van der Waals surface area contributed by atoms with Gasteiger partial charge in [0.2, 0.25) is 0 Å². The topological polar surface area (TPSA) is 23.5 Å². The lowest BCUT2D eigenvalue weighted by atomic mass is 9.86.